The Morgan fingerprint density at radius 2 is 2.06 bits per heavy atom. The number of hydrogen-bond donors (Lipinski definition) is 2. The molecule has 0 aliphatic carbocycles. The van der Waals surface area contributed by atoms with Crippen molar-refractivity contribution in [3.8, 4) is 0 Å². The molecule has 0 aliphatic rings. The summed E-state index contributed by atoms with van der Waals surface area (Å²) in [5.74, 6) is 0.540. The number of rotatable bonds is 6. The van der Waals surface area contributed by atoms with Crippen LogP contribution in [0.15, 0.2) is 12.1 Å². The molecule has 0 aromatic carbocycles. The Bertz CT molecular complexity index is 431. The Labute approximate surface area is 106 Å². The van der Waals surface area contributed by atoms with E-state index >= 15 is 0 Å². The molecule has 100 valence electrons. The standard InChI is InChI=1S/C12H19N3O3/c1-4-12(16,5-2)8-13-11-7-6-10(15(17)18)9(3)14-11/h6-7,16H,4-5,8H2,1-3H3,(H,13,14). The first kappa shape index (κ1) is 14.4. The first-order chi connectivity index (χ1) is 8.41. The quantitative estimate of drug-likeness (QED) is 0.599. The normalized spacial score (nSPS) is 11.3. The van der Waals surface area contributed by atoms with Crippen molar-refractivity contribution in [3.05, 3.63) is 27.9 Å². The Balaban J connectivity index is 2.75. The number of aliphatic hydroxyl groups is 1. The molecule has 0 unspecified atom stereocenters. The second-order valence-electron chi connectivity index (χ2n) is 4.34. The number of nitrogens with one attached hydrogen (secondary N) is 1. The van der Waals surface area contributed by atoms with Crippen LogP contribution in [-0.4, -0.2) is 27.2 Å². The lowest BCUT2D eigenvalue weighted by Crippen LogP contribution is -2.35. The predicted octanol–water partition coefficient (Wildman–Crippen LogP) is 2.26. The van der Waals surface area contributed by atoms with Crippen LogP contribution in [0.3, 0.4) is 0 Å². The van der Waals surface area contributed by atoms with Gasteiger partial charge in [0.15, 0.2) is 0 Å². The van der Waals surface area contributed by atoms with Gasteiger partial charge in [-0.3, -0.25) is 10.1 Å². The van der Waals surface area contributed by atoms with E-state index in [1.54, 1.807) is 13.0 Å². The van der Waals surface area contributed by atoms with E-state index in [-0.39, 0.29) is 5.69 Å². The Morgan fingerprint density at radius 1 is 1.44 bits per heavy atom. The molecule has 0 saturated heterocycles. The van der Waals surface area contributed by atoms with Crippen LogP contribution in [0.4, 0.5) is 11.5 Å². The van der Waals surface area contributed by atoms with Crippen molar-refractivity contribution in [1.82, 2.24) is 4.98 Å². The first-order valence-corrected chi connectivity index (χ1v) is 6.00. The van der Waals surface area contributed by atoms with E-state index in [2.05, 4.69) is 10.3 Å². The first-order valence-electron chi connectivity index (χ1n) is 6.00. The van der Waals surface area contributed by atoms with E-state index in [4.69, 9.17) is 0 Å². The number of nitrogens with zero attached hydrogens (tertiary/aromatic N) is 2. The summed E-state index contributed by atoms with van der Waals surface area (Å²) < 4.78 is 0. The highest BCUT2D eigenvalue weighted by molar-refractivity contribution is 5.44. The van der Waals surface area contributed by atoms with Crippen molar-refractivity contribution in [2.24, 2.45) is 0 Å². The third-order valence-electron chi connectivity index (χ3n) is 3.17. The Morgan fingerprint density at radius 3 is 2.50 bits per heavy atom. The minimum atomic E-state index is -0.767. The lowest BCUT2D eigenvalue weighted by Gasteiger charge is -2.25. The molecule has 1 aromatic rings. The van der Waals surface area contributed by atoms with E-state index in [0.717, 1.165) is 0 Å². The van der Waals surface area contributed by atoms with Crippen molar-refractivity contribution in [2.75, 3.05) is 11.9 Å². The monoisotopic (exact) mass is 253 g/mol. The molecule has 2 N–H and O–H groups in total. The van der Waals surface area contributed by atoms with Crippen molar-refractivity contribution in [3.63, 3.8) is 0 Å². The molecule has 18 heavy (non-hydrogen) atoms. The molecule has 0 fully saturated rings. The van der Waals surface area contributed by atoms with Crippen LogP contribution in [0.2, 0.25) is 0 Å². The highest BCUT2D eigenvalue weighted by atomic mass is 16.6. The van der Waals surface area contributed by atoms with Crippen LogP contribution in [0.1, 0.15) is 32.4 Å². The third kappa shape index (κ3) is 3.40. The molecule has 0 spiro atoms. The smallest absolute Gasteiger partial charge is 0.290 e. The fourth-order valence-electron chi connectivity index (χ4n) is 1.60. The minimum absolute atomic E-state index is 0.00166. The number of nitro groups is 1. The van der Waals surface area contributed by atoms with Crippen molar-refractivity contribution < 1.29 is 10.0 Å². The zero-order chi connectivity index (χ0) is 13.8. The average molecular weight is 253 g/mol. The van der Waals surface area contributed by atoms with E-state index in [1.807, 2.05) is 13.8 Å². The van der Waals surface area contributed by atoms with Gasteiger partial charge < -0.3 is 10.4 Å². The molecule has 0 radical (unpaired) electrons. The van der Waals surface area contributed by atoms with Crippen molar-refractivity contribution in [1.29, 1.82) is 0 Å². The third-order valence-corrected chi connectivity index (χ3v) is 3.17. The number of anilines is 1. The molecule has 0 aliphatic heterocycles. The molecule has 1 heterocycles. The second kappa shape index (κ2) is 5.77. The average Bonchev–Trinajstić information content (AvgIpc) is 2.35. The topological polar surface area (TPSA) is 88.3 Å². The highest BCUT2D eigenvalue weighted by Crippen LogP contribution is 2.19. The SMILES string of the molecule is CCC(O)(CC)CNc1ccc([N+](=O)[O-])c(C)n1. The molecular formula is C12H19N3O3. The van der Waals surface area contributed by atoms with Gasteiger partial charge in [0.05, 0.1) is 10.5 Å². The molecular weight excluding hydrogens is 234 g/mol. The zero-order valence-electron chi connectivity index (χ0n) is 10.9. The number of aromatic nitrogens is 1. The van der Waals surface area contributed by atoms with Crippen molar-refractivity contribution in [2.45, 2.75) is 39.2 Å². The van der Waals surface area contributed by atoms with Gasteiger partial charge in [-0.2, -0.15) is 0 Å². The van der Waals surface area contributed by atoms with Gasteiger partial charge in [0.25, 0.3) is 5.69 Å². The molecule has 1 aromatic heterocycles. The van der Waals surface area contributed by atoms with Gasteiger partial charge in [-0.25, -0.2) is 4.98 Å². The maximum atomic E-state index is 10.6. The van der Waals surface area contributed by atoms with E-state index in [1.165, 1.54) is 6.07 Å². The van der Waals surface area contributed by atoms with Crippen molar-refractivity contribution >= 4 is 11.5 Å². The summed E-state index contributed by atoms with van der Waals surface area (Å²) in [7, 11) is 0. The van der Waals surface area contributed by atoms with Gasteiger partial charge >= 0.3 is 0 Å². The van der Waals surface area contributed by atoms with Crippen LogP contribution < -0.4 is 5.32 Å². The fourth-order valence-corrected chi connectivity index (χ4v) is 1.60. The molecule has 6 heteroatoms. The molecule has 6 nitrogen and oxygen atoms in total. The summed E-state index contributed by atoms with van der Waals surface area (Å²) in [4.78, 5) is 14.3. The fraction of sp³-hybridized carbons (Fsp3) is 0.583. The van der Waals surface area contributed by atoms with E-state index in [9.17, 15) is 15.2 Å². The van der Waals surface area contributed by atoms with Gasteiger partial charge in [-0.05, 0) is 25.8 Å². The van der Waals surface area contributed by atoms with Gasteiger partial charge in [-0.15, -0.1) is 0 Å². The number of aryl methyl sites for hydroxylation is 1. The summed E-state index contributed by atoms with van der Waals surface area (Å²) in [5, 5.41) is 23.8. The molecule has 0 saturated carbocycles. The van der Waals surface area contributed by atoms with Crippen LogP contribution in [0.25, 0.3) is 0 Å². The van der Waals surface area contributed by atoms with E-state index < -0.39 is 10.5 Å². The van der Waals surface area contributed by atoms with E-state index in [0.29, 0.717) is 30.9 Å². The lowest BCUT2D eigenvalue weighted by atomic mass is 9.98. The summed E-state index contributed by atoms with van der Waals surface area (Å²) >= 11 is 0. The van der Waals surface area contributed by atoms with Crippen LogP contribution in [0.5, 0.6) is 0 Å². The van der Waals surface area contributed by atoms with Crippen LogP contribution in [-0.2, 0) is 0 Å². The number of hydrogen-bond acceptors (Lipinski definition) is 5. The molecule has 0 amide bonds. The summed E-state index contributed by atoms with van der Waals surface area (Å²) in [5.41, 5.74) is -0.402. The van der Waals surface area contributed by atoms with Gasteiger partial charge in [-0.1, -0.05) is 13.8 Å². The van der Waals surface area contributed by atoms with Gasteiger partial charge in [0.1, 0.15) is 11.5 Å². The summed E-state index contributed by atoms with van der Waals surface area (Å²) in [6, 6.07) is 2.97. The van der Waals surface area contributed by atoms with Gasteiger partial charge in [0, 0.05) is 12.6 Å². The Kier molecular flexibility index (Phi) is 4.61. The lowest BCUT2D eigenvalue weighted by molar-refractivity contribution is -0.385. The largest absolute Gasteiger partial charge is 0.388 e. The molecule has 0 atom stereocenters. The second-order valence-corrected chi connectivity index (χ2v) is 4.34. The highest BCUT2D eigenvalue weighted by Gasteiger charge is 2.22. The maximum Gasteiger partial charge on any atom is 0.290 e. The summed E-state index contributed by atoms with van der Waals surface area (Å²) in [6.45, 7) is 5.80. The molecule has 1 rings (SSSR count). The molecule has 0 bridgehead atoms. The minimum Gasteiger partial charge on any atom is -0.388 e. The maximum absolute atomic E-state index is 10.6. The van der Waals surface area contributed by atoms with Crippen LogP contribution >= 0.6 is 0 Å². The number of pyridine rings is 1. The summed E-state index contributed by atoms with van der Waals surface area (Å²) in [6.07, 6.45) is 1.28. The van der Waals surface area contributed by atoms with Gasteiger partial charge in [0.2, 0.25) is 0 Å². The zero-order valence-corrected chi connectivity index (χ0v) is 10.9. The van der Waals surface area contributed by atoms with Crippen LogP contribution in [0, 0.1) is 17.0 Å². The predicted molar refractivity (Wildman–Crippen MR) is 69.6 cm³/mol. The Hall–Kier alpha value is -1.69.